The summed E-state index contributed by atoms with van der Waals surface area (Å²) in [5.74, 6) is 6.32. The van der Waals surface area contributed by atoms with E-state index in [9.17, 15) is 9.59 Å². The molecule has 0 aliphatic carbocycles. The number of hydrazone groups is 1. The second kappa shape index (κ2) is 13.8. The van der Waals surface area contributed by atoms with Crippen molar-refractivity contribution in [2.75, 3.05) is 39.5 Å². The number of piperazine rings is 1. The van der Waals surface area contributed by atoms with Gasteiger partial charge in [-0.25, -0.2) is 0 Å². The maximum Gasteiger partial charge on any atom is 0.243 e. The Morgan fingerprint density at radius 3 is 2.52 bits per heavy atom. The van der Waals surface area contributed by atoms with Crippen molar-refractivity contribution in [3.63, 3.8) is 0 Å². The van der Waals surface area contributed by atoms with Gasteiger partial charge in [0, 0.05) is 45.5 Å². The molecule has 1 saturated heterocycles. The van der Waals surface area contributed by atoms with Crippen molar-refractivity contribution in [1.82, 2.24) is 30.6 Å². The number of hydrogen-bond acceptors (Lipinski definition) is 9. The van der Waals surface area contributed by atoms with Crippen LogP contribution >= 0.6 is 12.4 Å². The van der Waals surface area contributed by atoms with Crippen LogP contribution in [0.2, 0.25) is 0 Å². The summed E-state index contributed by atoms with van der Waals surface area (Å²) in [5, 5.41) is 16.5. The molecular weight excluding hydrogens is 536 g/mol. The lowest BCUT2D eigenvalue weighted by Crippen LogP contribution is -2.51. The van der Waals surface area contributed by atoms with Crippen molar-refractivity contribution in [2.24, 2.45) is 10.9 Å². The first kappa shape index (κ1) is 28.9. The molecule has 5 rings (SSSR count). The number of hydrogen-bond donors (Lipinski definition) is 4. The highest BCUT2D eigenvalue weighted by Gasteiger charge is 2.25. The number of halogens is 1. The van der Waals surface area contributed by atoms with Crippen LogP contribution in [0.1, 0.15) is 28.4 Å². The van der Waals surface area contributed by atoms with Gasteiger partial charge in [0.15, 0.2) is 11.5 Å². The van der Waals surface area contributed by atoms with Crippen LogP contribution in [0.15, 0.2) is 59.8 Å². The maximum absolute atomic E-state index is 13.1. The van der Waals surface area contributed by atoms with Crippen LogP contribution in [0, 0.1) is 0 Å². The minimum Gasteiger partial charge on any atom is -0.454 e. The molecule has 0 bridgehead atoms. The second-order valence-corrected chi connectivity index (χ2v) is 9.40. The van der Waals surface area contributed by atoms with Crippen LogP contribution in [-0.2, 0) is 22.7 Å². The molecule has 212 valence electrons. The average molecular weight is 569 g/mol. The van der Waals surface area contributed by atoms with Gasteiger partial charge < -0.3 is 25.5 Å². The molecule has 1 fully saturated rings. The van der Waals surface area contributed by atoms with E-state index >= 15 is 0 Å². The van der Waals surface area contributed by atoms with Gasteiger partial charge in [-0.1, -0.05) is 30.3 Å². The second-order valence-electron chi connectivity index (χ2n) is 9.40. The molecule has 2 aliphatic heterocycles. The Bertz CT molecular complexity index is 1290. The Hall–Kier alpha value is -4.13. The third-order valence-corrected chi connectivity index (χ3v) is 6.78. The number of aromatic amines is 1. The molecule has 1 unspecified atom stereocenters. The summed E-state index contributed by atoms with van der Waals surface area (Å²) < 4.78 is 10.8. The van der Waals surface area contributed by atoms with E-state index in [4.69, 9.17) is 15.3 Å². The molecule has 0 spiro atoms. The van der Waals surface area contributed by atoms with Gasteiger partial charge in [0.25, 0.3) is 0 Å². The van der Waals surface area contributed by atoms with Gasteiger partial charge in [0.05, 0.1) is 18.5 Å². The molecule has 40 heavy (non-hydrogen) atoms. The first-order valence-electron chi connectivity index (χ1n) is 12.8. The summed E-state index contributed by atoms with van der Waals surface area (Å²) in [6.45, 7) is 4.10. The predicted molar refractivity (Wildman–Crippen MR) is 151 cm³/mol. The molecule has 2 aromatic carbocycles. The minimum absolute atomic E-state index is 0. The number of nitrogens with zero attached hydrogens (tertiary/aromatic N) is 4. The summed E-state index contributed by atoms with van der Waals surface area (Å²) in [7, 11) is 0. The number of nitrogens with two attached hydrogens (primary N) is 1. The van der Waals surface area contributed by atoms with E-state index < -0.39 is 6.04 Å². The highest BCUT2D eigenvalue weighted by atomic mass is 35.5. The van der Waals surface area contributed by atoms with Crippen molar-refractivity contribution in [1.29, 1.82) is 0 Å². The summed E-state index contributed by atoms with van der Waals surface area (Å²) in [6, 6.07) is 14.6. The highest BCUT2D eigenvalue weighted by molar-refractivity contribution is 5.88. The van der Waals surface area contributed by atoms with E-state index in [0.717, 1.165) is 47.8 Å². The number of fused-ring (bicyclic) bond motifs is 1. The SMILES string of the molecule is Cl.NN=Cc1ccc(CNC(C(=O)NCC(=O)N2CCN(Cc3ccc4c(c3)OCO4)CC2)c2cc[nH]n2)cc1. The van der Waals surface area contributed by atoms with Crippen molar-refractivity contribution in [2.45, 2.75) is 19.1 Å². The third-order valence-electron chi connectivity index (χ3n) is 6.78. The van der Waals surface area contributed by atoms with E-state index in [1.807, 2.05) is 42.5 Å². The monoisotopic (exact) mass is 568 g/mol. The topological polar surface area (TPSA) is 150 Å². The number of amides is 2. The van der Waals surface area contributed by atoms with Crippen LogP contribution in [0.5, 0.6) is 11.5 Å². The van der Waals surface area contributed by atoms with Gasteiger partial charge in [0.1, 0.15) is 6.04 Å². The van der Waals surface area contributed by atoms with E-state index in [1.165, 1.54) is 0 Å². The number of ether oxygens (including phenoxy) is 2. The van der Waals surface area contributed by atoms with Gasteiger partial charge in [-0.3, -0.25) is 24.9 Å². The Kier molecular flexibility index (Phi) is 9.95. The predicted octanol–water partition coefficient (Wildman–Crippen LogP) is 1.14. The van der Waals surface area contributed by atoms with Gasteiger partial charge in [-0.2, -0.15) is 10.2 Å². The quantitative estimate of drug-likeness (QED) is 0.162. The molecule has 0 saturated carbocycles. The lowest BCUT2D eigenvalue weighted by molar-refractivity contribution is -0.134. The Labute approximate surface area is 238 Å². The fraction of sp³-hybridized carbons (Fsp3) is 0.333. The zero-order valence-electron chi connectivity index (χ0n) is 21.9. The fourth-order valence-electron chi connectivity index (χ4n) is 4.62. The van der Waals surface area contributed by atoms with E-state index in [2.05, 4.69) is 30.8 Å². The molecule has 5 N–H and O–H groups in total. The summed E-state index contributed by atoms with van der Waals surface area (Å²) in [5.41, 5.74) is 3.55. The zero-order chi connectivity index (χ0) is 27.0. The Morgan fingerprint density at radius 2 is 1.80 bits per heavy atom. The van der Waals surface area contributed by atoms with Gasteiger partial charge in [-0.15, -0.1) is 12.4 Å². The molecule has 0 radical (unpaired) electrons. The van der Waals surface area contributed by atoms with E-state index in [0.29, 0.717) is 25.3 Å². The molecule has 3 aromatic rings. The molecule has 3 heterocycles. The largest absolute Gasteiger partial charge is 0.454 e. The van der Waals surface area contributed by atoms with E-state index in [-0.39, 0.29) is 37.6 Å². The van der Waals surface area contributed by atoms with Crippen LogP contribution in [0.25, 0.3) is 0 Å². The number of carbonyl (C=O) groups is 2. The molecule has 1 aromatic heterocycles. The third kappa shape index (κ3) is 7.29. The Morgan fingerprint density at radius 1 is 1.05 bits per heavy atom. The number of benzene rings is 2. The normalized spacial score (nSPS) is 15.6. The molecule has 1 atom stereocenters. The summed E-state index contributed by atoms with van der Waals surface area (Å²) in [4.78, 5) is 30.0. The van der Waals surface area contributed by atoms with Crippen LogP contribution < -0.4 is 25.9 Å². The maximum atomic E-state index is 13.1. The minimum atomic E-state index is -0.715. The van der Waals surface area contributed by atoms with Gasteiger partial charge >= 0.3 is 0 Å². The van der Waals surface area contributed by atoms with Crippen molar-refractivity contribution in [3.8, 4) is 11.5 Å². The molecule has 12 nitrogen and oxygen atoms in total. The van der Waals surface area contributed by atoms with Gasteiger partial charge in [-0.05, 0) is 34.9 Å². The lowest BCUT2D eigenvalue weighted by Gasteiger charge is -2.35. The van der Waals surface area contributed by atoms with Gasteiger partial charge in [0.2, 0.25) is 18.6 Å². The van der Waals surface area contributed by atoms with Crippen molar-refractivity contribution >= 4 is 30.4 Å². The van der Waals surface area contributed by atoms with Crippen LogP contribution in [-0.4, -0.2) is 77.5 Å². The zero-order valence-corrected chi connectivity index (χ0v) is 22.7. The van der Waals surface area contributed by atoms with E-state index in [1.54, 1.807) is 23.4 Å². The van der Waals surface area contributed by atoms with Crippen molar-refractivity contribution in [3.05, 3.63) is 77.1 Å². The van der Waals surface area contributed by atoms with Crippen LogP contribution in [0.3, 0.4) is 0 Å². The lowest BCUT2D eigenvalue weighted by atomic mass is 10.1. The smallest absolute Gasteiger partial charge is 0.243 e. The molecular formula is C27H33ClN8O4. The standard InChI is InChI=1S/C27H32N8O4.ClH/c28-31-15-20-3-1-19(2-4-20)14-29-26(22-7-8-32-33-22)27(37)30-16-25(36)35-11-9-34(10-12-35)17-21-5-6-23-24(13-21)39-18-38-23;/h1-8,13,15,26,29H,9-12,14,16-18,28H2,(H,30,37)(H,32,33);1H. The highest BCUT2D eigenvalue weighted by Crippen LogP contribution is 2.32. The number of carbonyl (C=O) groups excluding carboxylic acids is 2. The number of nitrogens with one attached hydrogen (secondary N) is 3. The van der Waals surface area contributed by atoms with Crippen molar-refractivity contribution < 1.29 is 19.1 Å². The first-order chi connectivity index (χ1) is 19.1. The summed E-state index contributed by atoms with van der Waals surface area (Å²) in [6.07, 6.45) is 3.22. The number of rotatable bonds is 10. The molecule has 2 amide bonds. The Balaban J connectivity index is 0.00000370. The molecule has 2 aliphatic rings. The number of H-pyrrole nitrogens is 1. The molecule has 13 heteroatoms. The fourth-order valence-corrected chi connectivity index (χ4v) is 4.62. The van der Waals surface area contributed by atoms with Crippen LogP contribution in [0.4, 0.5) is 0 Å². The number of aromatic nitrogens is 2. The first-order valence-corrected chi connectivity index (χ1v) is 12.8. The summed E-state index contributed by atoms with van der Waals surface area (Å²) >= 11 is 0. The average Bonchev–Trinajstić information content (AvgIpc) is 3.66.